The first-order valence-corrected chi connectivity index (χ1v) is 7.71. The van der Waals surface area contributed by atoms with Crippen molar-refractivity contribution in [3.8, 4) is 0 Å². The van der Waals surface area contributed by atoms with Gasteiger partial charge < -0.3 is 10.6 Å². The van der Waals surface area contributed by atoms with Crippen LogP contribution in [0, 0.1) is 17.8 Å². The summed E-state index contributed by atoms with van der Waals surface area (Å²) in [7, 11) is 0. The molecular formula is C16H20N4O2. The van der Waals surface area contributed by atoms with Crippen LogP contribution < -0.4 is 10.6 Å². The van der Waals surface area contributed by atoms with Crippen LogP contribution in [-0.2, 0) is 4.79 Å². The molecule has 0 spiro atoms. The Balaban J connectivity index is 1.33. The lowest BCUT2D eigenvalue weighted by Gasteiger charge is -2.18. The molecule has 116 valence electrons. The molecule has 6 nitrogen and oxygen atoms in total. The van der Waals surface area contributed by atoms with Gasteiger partial charge in [-0.2, -0.15) is 0 Å². The van der Waals surface area contributed by atoms with E-state index in [2.05, 4.69) is 32.8 Å². The Morgan fingerprint density at radius 1 is 1.18 bits per heavy atom. The highest BCUT2D eigenvalue weighted by Crippen LogP contribution is 2.42. The van der Waals surface area contributed by atoms with Gasteiger partial charge in [0.05, 0.1) is 6.20 Å². The molecule has 2 N–H and O–H groups in total. The molecule has 0 aromatic carbocycles. The number of allylic oxidation sites excluding steroid dienone is 2. The Labute approximate surface area is 129 Å². The number of nitrogens with one attached hydrogen (secondary N) is 2. The molecule has 1 fully saturated rings. The molecule has 6 heteroatoms. The van der Waals surface area contributed by atoms with Gasteiger partial charge in [0.25, 0.3) is 5.91 Å². The molecule has 1 saturated carbocycles. The number of hydrogen-bond donors (Lipinski definition) is 2. The fourth-order valence-corrected chi connectivity index (χ4v) is 3.26. The summed E-state index contributed by atoms with van der Waals surface area (Å²) in [6.07, 6.45) is 11.7. The zero-order valence-corrected chi connectivity index (χ0v) is 12.4. The van der Waals surface area contributed by atoms with E-state index in [1.807, 2.05) is 0 Å². The van der Waals surface area contributed by atoms with Gasteiger partial charge in [0.15, 0.2) is 0 Å². The highest BCUT2D eigenvalue weighted by molar-refractivity contribution is 5.92. The molecule has 3 atom stereocenters. The van der Waals surface area contributed by atoms with Gasteiger partial charge in [-0.25, -0.2) is 4.98 Å². The number of carbonyl (C=O) groups is 2. The summed E-state index contributed by atoms with van der Waals surface area (Å²) in [5.74, 6) is 1.61. The van der Waals surface area contributed by atoms with Gasteiger partial charge in [-0.1, -0.05) is 12.2 Å². The standard InChI is InChI=1S/C16H20N4O2/c21-15(20-9-13-8-11-1-2-12(13)7-11)3-4-19-16(22)14-10-17-5-6-18-14/h1-2,5-6,10-13H,3-4,7-9H2,(H,19,22)(H,20,21)/t11-,12+,13+/m1/s1. The quantitative estimate of drug-likeness (QED) is 0.765. The molecule has 2 aliphatic rings. The second kappa shape index (κ2) is 6.68. The molecule has 1 aromatic heterocycles. The van der Waals surface area contributed by atoms with Crippen molar-refractivity contribution < 1.29 is 9.59 Å². The van der Waals surface area contributed by atoms with Gasteiger partial charge in [-0.05, 0) is 30.6 Å². The predicted molar refractivity (Wildman–Crippen MR) is 80.8 cm³/mol. The number of rotatable bonds is 6. The Morgan fingerprint density at radius 3 is 2.77 bits per heavy atom. The first-order chi connectivity index (χ1) is 10.7. The largest absolute Gasteiger partial charge is 0.356 e. The maximum atomic E-state index is 11.8. The highest BCUT2D eigenvalue weighted by atomic mass is 16.2. The van der Waals surface area contributed by atoms with Crippen molar-refractivity contribution in [3.05, 3.63) is 36.4 Å². The van der Waals surface area contributed by atoms with Gasteiger partial charge >= 0.3 is 0 Å². The van der Waals surface area contributed by atoms with E-state index in [-0.39, 0.29) is 23.9 Å². The van der Waals surface area contributed by atoms with Crippen LogP contribution in [0.4, 0.5) is 0 Å². The smallest absolute Gasteiger partial charge is 0.271 e. The van der Waals surface area contributed by atoms with E-state index in [4.69, 9.17) is 0 Å². The second-order valence-corrected chi connectivity index (χ2v) is 5.94. The highest BCUT2D eigenvalue weighted by Gasteiger charge is 2.35. The van der Waals surface area contributed by atoms with E-state index in [1.54, 1.807) is 0 Å². The lowest BCUT2D eigenvalue weighted by atomic mass is 9.93. The lowest BCUT2D eigenvalue weighted by molar-refractivity contribution is -0.121. The second-order valence-electron chi connectivity index (χ2n) is 5.94. The van der Waals surface area contributed by atoms with Crippen molar-refractivity contribution >= 4 is 11.8 Å². The fraction of sp³-hybridized carbons (Fsp3) is 0.500. The Bertz CT molecular complexity index is 573. The normalized spacial score (nSPS) is 25.2. The minimum atomic E-state index is -0.306. The third-order valence-corrected chi connectivity index (χ3v) is 4.41. The van der Waals surface area contributed by atoms with Crippen LogP contribution in [0.5, 0.6) is 0 Å². The van der Waals surface area contributed by atoms with E-state index >= 15 is 0 Å². The van der Waals surface area contributed by atoms with Crippen LogP contribution in [0.25, 0.3) is 0 Å². The van der Waals surface area contributed by atoms with Crippen LogP contribution >= 0.6 is 0 Å². The minimum Gasteiger partial charge on any atom is -0.356 e. The molecule has 0 aliphatic heterocycles. The topological polar surface area (TPSA) is 84.0 Å². The van der Waals surface area contributed by atoms with Crippen molar-refractivity contribution in [2.45, 2.75) is 19.3 Å². The third kappa shape index (κ3) is 3.50. The minimum absolute atomic E-state index is 0.0220. The van der Waals surface area contributed by atoms with Gasteiger partial charge in [-0.3, -0.25) is 14.6 Å². The SMILES string of the molecule is O=C(CCNC(=O)c1cnccn1)NC[C@@H]1C[C@@H]2C=C[C@H]1C2. The van der Waals surface area contributed by atoms with E-state index in [0.29, 0.717) is 18.4 Å². The van der Waals surface area contributed by atoms with E-state index in [0.717, 1.165) is 12.5 Å². The van der Waals surface area contributed by atoms with Crippen LogP contribution in [0.3, 0.4) is 0 Å². The van der Waals surface area contributed by atoms with Gasteiger partial charge in [0.1, 0.15) is 5.69 Å². The molecule has 0 saturated heterocycles. The summed E-state index contributed by atoms with van der Waals surface area (Å²) in [6.45, 7) is 1.04. The Morgan fingerprint density at radius 2 is 2.09 bits per heavy atom. The monoisotopic (exact) mass is 300 g/mol. The summed E-state index contributed by atoms with van der Waals surface area (Å²) in [6, 6.07) is 0. The van der Waals surface area contributed by atoms with Gasteiger partial charge in [0.2, 0.25) is 5.91 Å². The molecule has 0 radical (unpaired) electrons. The molecule has 2 bridgehead atoms. The van der Waals surface area contributed by atoms with Gasteiger partial charge in [-0.15, -0.1) is 0 Å². The number of fused-ring (bicyclic) bond motifs is 2. The van der Waals surface area contributed by atoms with Crippen molar-refractivity contribution in [2.75, 3.05) is 13.1 Å². The summed E-state index contributed by atoms with van der Waals surface area (Å²) in [5, 5.41) is 5.64. The Hall–Kier alpha value is -2.24. The molecule has 22 heavy (non-hydrogen) atoms. The fourth-order valence-electron chi connectivity index (χ4n) is 3.26. The summed E-state index contributed by atoms with van der Waals surface area (Å²) in [4.78, 5) is 31.3. The third-order valence-electron chi connectivity index (χ3n) is 4.41. The van der Waals surface area contributed by atoms with Crippen molar-refractivity contribution in [3.63, 3.8) is 0 Å². The zero-order chi connectivity index (χ0) is 15.4. The Kier molecular flexibility index (Phi) is 4.46. The van der Waals surface area contributed by atoms with Gasteiger partial charge in [0, 0.05) is 31.9 Å². The molecule has 2 aliphatic carbocycles. The molecule has 1 heterocycles. The van der Waals surface area contributed by atoms with Crippen LogP contribution in [0.15, 0.2) is 30.7 Å². The van der Waals surface area contributed by atoms with Crippen LogP contribution in [-0.4, -0.2) is 34.9 Å². The van der Waals surface area contributed by atoms with Crippen LogP contribution in [0.1, 0.15) is 29.8 Å². The van der Waals surface area contributed by atoms with Crippen molar-refractivity contribution in [1.29, 1.82) is 0 Å². The average molecular weight is 300 g/mol. The number of carbonyl (C=O) groups excluding carboxylic acids is 2. The maximum Gasteiger partial charge on any atom is 0.271 e. The van der Waals surface area contributed by atoms with E-state index < -0.39 is 0 Å². The van der Waals surface area contributed by atoms with Crippen molar-refractivity contribution in [1.82, 2.24) is 20.6 Å². The predicted octanol–water partition coefficient (Wildman–Crippen LogP) is 0.925. The molecular weight excluding hydrogens is 280 g/mol. The lowest BCUT2D eigenvalue weighted by Crippen LogP contribution is -2.34. The molecule has 3 rings (SSSR count). The number of hydrogen-bond acceptors (Lipinski definition) is 4. The number of amides is 2. The molecule has 0 unspecified atom stereocenters. The van der Waals surface area contributed by atoms with Crippen molar-refractivity contribution in [2.24, 2.45) is 17.8 Å². The van der Waals surface area contributed by atoms with E-state index in [9.17, 15) is 9.59 Å². The number of nitrogens with zero attached hydrogens (tertiary/aromatic N) is 2. The molecule has 2 amide bonds. The summed E-state index contributed by atoms with van der Waals surface area (Å²) >= 11 is 0. The summed E-state index contributed by atoms with van der Waals surface area (Å²) in [5.41, 5.74) is 0.261. The van der Waals surface area contributed by atoms with E-state index in [1.165, 1.54) is 31.4 Å². The van der Waals surface area contributed by atoms with Crippen LogP contribution in [0.2, 0.25) is 0 Å². The maximum absolute atomic E-state index is 11.8. The first-order valence-electron chi connectivity index (χ1n) is 7.71. The summed E-state index contributed by atoms with van der Waals surface area (Å²) < 4.78 is 0. The average Bonchev–Trinajstić information content (AvgIpc) is 3.16. The first kappa shape index (κ1) is 14.7. The molecule has 1 aromatic rings. The number of aromatic nitrogens is 2. The zero-order valence-electron chi connectivity index (χ0n) is 12.4.